The van der Waals surface area contributed by atoms with Crippen molar-refractivity contribution in [1.82, 2.24) is 0 Å². The third-order valence-electron chi connectivity index (χ3n) is 5.10. The monoisotopic (exact) mass is 308 g/mol. The maximum Gasteiger partial charge on any atom is 0.120 e. The van der Waals surface area contributed by atoms with Gasteiger partial charge in [0.15, 0.2) is 0 Å². The van der Waals surface area contributed by atoms with Crippen LogP contribution in [-0.4, -0.2) is 0 Å². The fourth-order valence-corrected chi connectivity index (χ4v) is 3.94. The van der Waals surface area contributed by atoms with Crippen molar-refractivity contribution < 1.29 is 4.74 Å². The van der Waals surface area contributed by atoms with Gasteiger partial charge in [-0.1, -0.05) is 75.1 Å². The van der Waals surface area contributed by atoms with Crippen LogP contribution in [0.5, 0.6) is 5.75 Å². The minimum Gasteiger partial charge on any atom is -0.489 e. The molecule has 0 spiro atoms. The Hall–Kier alpha value is -1.76. The zero-order valence-electron chi connectivity index (χ0n) is 14.2. The van der Waals surface area contributed by atoms with Crippen molar-refractivity contribution in [3.05, 3.63) is 65.7 Å². The highest BCUT2D eigenvalue weighted by Gasteiger charge is 2.25. The zero-order valence-corrected chi connectivity index (χ0v) is 14.2. The molecule has 3 rings (SSSR count). The van der Waals surface area contributed by atoms with Gasteiger partial charge in [0.25, 0.3) is 0 Å². The van der Waals surface area contributed by atoms with Crippen molar-refractivity contribution in [1.29, 1.82) is 0 Å². The molecular weight excluding hydrogens is 280 g/mol. The van der Waals surface area contributed by atoms with Crippen molar-refractivity contribution in [2.45, 2.75) is 58.0 Å². The SMILES string of the molecule is CCC[C@H]1CCCC[C@@H]1c1cccc(OCc2ccccc2)c1. The first-order chi connectivity index (χ1) is 11.4. The molecule has 2 aromatic rings. The number of benzene rings is 2. The molecule has 1 saturated carbocycles. The fourth-order valence-electron chi connectivity index (χ4n) is 3.94. The number of rotatable bonds is 6. The van der Waals surface area contributed by atoms with Gasteiger partial charge in [-0.25, -0.2) is 0 Å². The van der Waals surface area contributed by atoms with Crippen LogP contribution < -0.4 is 4.74 Å². The first-order valence-electron chi connectivity index (χ1n) is 9.13. The van der Waals surface area contributed by atoms with Crippen molar-refractivity contribution >= 4 is 0 Å². The van der Waals surface area contributed by atoms with E-state index in [9.17, 15) is 0 Å². The van der Waals surface area contributed by atoms with Gasteiger partial charge in [0, 0.05) is 0 Å². The summed E-state index contributed by atoms with van der Waals surface area (Å²) in [6.45, 7) is 2.96. The van der Waals surface area contributed by atoms with Crippen molar-refractivity contribution in [3.8, 4) is 5.75 Å². The standard InChI is InChI=1S/C22H28O/c1-2-9-19-12-6-7-15-22(19)20-13-8-14-21(16-20)23-17-18-10-4-3-5-11-18/h3-5,8,10-11,13-14,16,19,22H,2,6-7,9,12,15,17H2,1H3/t19-,22-/m0/s1. The van der Waals surface area contributed by atoms with Crippen LogP contribution in [0.15, 0.2) is 54.6 Å². The Kier molecular flexibility index (Phi) is 5.74. The molecule has 1 fully saturated rings. The van der Waals surface area contributed by atoms with Crippen LogP contribution in [-0.2, 0) is 6.61 Å². The lowest BCUT2D eigenvalue weighted by Gasteiger charge is -2.32. The Morgan fingerprint density at radius 3 is 2.61 bits per heavy atom. The average molecular weight is 308 g/mol. The second-order valence-corrected chi connectivity index (χ2v) is 6.79. The normalized spacial score (nSPS) is 21.1. The molecule has 2 aromatic carbocycles. The van der Waals surface area contributed by atoms with Crippen LogP contribution in [0.25, 0.3) is 0 Å². The maximum absolute atomic E-state index is 6.02. The van der Waals surface area contributed by atoms with E-state index in [0.29, 0.717) is 6.61 Å². The Balaban J connectivity index is 1.68. The summed E-state index contributed by atoms with van der Waals surface area (Å²) in [5.74, 6) is 2.59. The van der Waals surface area contributed by atoms with E-state index in [1.165, 1.54) is 49.7 Å². The molecule has 0 N–H and O–H groups in total. The summed E-state index contributed by atoms with van der Waals surface area (Å²) in [6, 6.07) is 19.2. The molecule has 0 aliphatic heterocycles. The molecule has 0 amide bonds. The predicted octanol–water partition coefficient (Wildman–Crippen LogP) is 6.34. The van der Waals surface area contributed by atoms with Gasteiger partial charge in [-0.15, -0.1) is 0 Å². The summed E-state index contributed by atoms with van der Waals surface area (Å²) in [7, 11) is 0. The summed E-state index contributed by atoms with van der Waals surface area (Å²) in [5.41, 5.74) is 2.70. The largest absolute Gasteiger partial charge is 0.489 e. The lowest BCUT2D eigenvalue weighted by molar-refractivity contribution is 0.284. The first kappa shape index (κ1) is 16.1. The van der Waals surface area contributed by atoms with Crippen LogP contribution >= 0.6 is 0 Å². The molecule has 0 heterocycles. The maximum atomic E-state index is 6.02. The molecule has 23 heavy (non-hydrogen) atoms. The van der Waals surface area contributed by atoms with E-state index in [-0.39, 0.29) is 0 Å². The summed E-state index contributed by atoms with van der Waals surface area (Å²) in [6.07, 6.45) is 8.18. The molecule has 1 nitrogen and oxygen atoms in total. The molecule has 0 radical (unpaired) electrons. The predicted molar refractivity (Wildman–Crippen MR) is 96.8 cm³/mol. The first-order valence-corrected chi connectivity index (χ1v) is 9.13. The van der Waals surface area contributed by atoms with Gasteiger partial charge in [-0.3, -0.25) is 0 Å². The molecule has 2 atom stereocenters. The van der Waals surface area contributed by atoms with Gasteiger partial charge in [0.05, 0.1) is 0 Å². The minimum atomic E-state index is 0.646. The fraction of sp³-hybridized carbons (Fsp3) is 0.455. The molecule has 0 unspecified atom stereocenters. The van der Waals surface area contributed by atoms with Gasteiger partial charge in [-0.2, -0.15) is 0 Å². The molecule has 1 aliphatic carbocycles. The van der Waals surface area contributed by atoms with E-state index in [0.717, 1.165) is 17.6 Å². The van der Waals surface area contributed by atoms with Gasteiger partial charge in [0.1, 0.15) is 12.4 Å². The highest BCUT2D eigenvalue weighted by Crippen LogP contribution is 2.40. The molecule has 0 bridgehead atoms. The van der Waals surface area contributed by atoms with Crippen LogP contribution in [0.1, 0.15) is 62.5 Å². The Labute approximate surface area is 140 Å². The van der Waals surface area contributed by atoms with E-state index >= 15 is 0 Å². The van der Waals surface area contributed by atoms with Gasteiger partial charge >= 0.3 is 0 Å². The summed E-state index contributed by atoms with van der Waals surface area (Å²) in [4.78, 5) is 0. The quantitative estimate of drug-likeness (QED) is 0.605. The van der Waals surface area contributed by atoms with Crippen molar-refractivity contribution in [2.24, 2.45) is 5.92 Å². The summed E-state index contributed by atoms with van der Waals surface area (Å²) < 4.78 is 6.02. The highest BCUT2D eigenvalue weighted by molar-refractivity contribution is 5.32. The molecule has 0 aromatic heterocycles. The zero-order chi connectivity index (χ0) is 15.9. The molecular formula is C22H28O. The minimum absolute atomic E-state index is 0.646. The Bertz CT molecular complexity index is 588. The van der Waals surface area contributed by atoms with E-state index in [2.05, 4.69) is 55.5 Å². The number of hydrogen-bond donors (Lipinski definition) is 0. The summed E-state index contributed by atoms with van der Waals surface area (Å²) >= 11 is 0. The van der Waals surface area contributed by atoms with Crippen molar-refractivity contribution in [2.75, 3.05) is 0 Å². The highest BCUT2D eigenvalue weighted by atomic mass is 16.5. The van der Waals surface area contributed by atoms with E-state index in [1.807, 2.05) is 6.07 Å². The van der Waals surface area contributed by atoms with Crippen LogP contribution in [0.2, 0.25) is 0 Å². The van der Waals surface area contributed by atoms with Gasteiger partial charge in [0.2, 0.25) is 0 Å². The lowest BCUT2D eigenvalue weighted by Crippen LogP contribution is -2.17. The van der Waals surface area contributed by atoms with E-state index in [4.69, 9.17) is 4.74 Å². The lowest BCUT2D eigenvalue weighted by atomic mass is 9.73. The number of ether oxygens (including phenoxy) is 1. The number of hydrogen-bond acceptors (Lipinski definition) is 1. The molecule has 1 heteroatoms. The molecule has 122 valence electrons. The second kappa shape index (κ2) is 8.19. The van der Waals surface area contributed by atoms with Crippen molar-refractivity contribution in [3.63, 3.8) is 0 Å². The van der Waals surface area contributed by atoms with Gasteiger partial charge < -0.3 is 4.74 Å². The van der Waals surface area contributed by atoms with E-state index in [1.54, 1.807) is 0 Å². The van der Waals surface area contributed by atoms with E-state index < -0.39 is 0 Å². The van der Waals surface area contributed by atoms with Gasteiger partial charge in [-0.05, 0) is 47.9 Å². The average Bonchev–Trinajstić information content (AvgIpc) is 2.62. The third kappa shape index (κ3) is 4.37. The van der Waals surface area contributed by atoms with Crippen LogP contribution in [0, 0.1) is 5.92 Å². The Morgan fingerprint density at radius 1 is 0.957 bits per heavy atom. The Morgan fingerprint density at radius 2 is 1.78 bits per heavy atom. The topological polar surface area (TPSA) is 9.23 Å². The van der Waals surface area contributed by atoms with Crippen LogP contribution in [0.4, 0.5) is 0 Å². The van der Waals surface area contributed by atoms with Crippen LogP contribution in [0.3, 0.4) is 0 Å². The summed E-state index contributed by atoms with van der Waals surface area (Å²) in [5, 5.41) is 0. The third-order valence-corrected chi connectivity index (χ3v) is 5.10. The smallest absolute Gasteiger partial charge is 0.120 e. The molecule has 0 saturated heterocycles. The molecule has 1 aliphatic rings. The second-order valence-electron chi connectivity index (χ2n) is 6.79.